The van der Waals surface area contributed by atoms with Gasteiger partial charge in [-0.2, -0.15) is 13.2 Å². The summed E-state index contributed by atoms with van der Waals surface area (Å²) in [5, 5.41) is 3.22. The molecule has 0 aliphatic carbocycles. The smallest absolute Gasteiger partial charge is 0.417 e. The molecule has 0 saturated carbocycles. The quantitative estimate of drug-likeness (QED) is 0.443. The lowest BCUT2D eigenvalue weighted by molar-refractivity contribution is -0.222. The maximum absolute atomic E-state index is 12.6. The molecule has 1 N–H and O–H groups in total. The minimum absolute atomic E-state index is 0.267. The van der Waals surface area contributed by atoms with Crippen molar-refractivity contribution in [2.24, 2.45) is 0 Å². The van der Waals surface area contributed by atoms with Crippen molar-refractivity contribution in [3.63, 3.8) is 0 Å². The molecule has 3 rings (SSSR count). The number of benzene rings is 1. The van der Waals surface area contributed by atoms with Crippen molar-refractivity contribution in [1.82, 2.24) is 4.98 Å². The van der Waals surface area contributed by atoms with E-state index in [2.05, 4.69) is 10.3 Å². The lowest BCUT2D eigenvalue weighted by atomic mass is 10.2. The average Bonchev–Trinajstić information content (AvgIpc) is 2.61. The number of nitrogens with zero attached hydrogens (tertiary/aromatic N) is 1. The molecular weight excluding hydrogens is 409 g/mol. The highest BCUT2D eigenvalue weighted by molar-refractivity contribution is 7.99. The molecule has 0 amide bonds. The second kappa shape index (κ2) is 7.78. The van der Waals surface area contributed by atoms with Gasteiger partial charge in [0.05, 0.1) is 5.56 Å². The average molecular weight is 424 g/mol. The van der Waals surface area contributed by atoms with Crippen LogP contribution in [0, 0.1) is 0 Å². The number of rotatable bonds is 4. The summed E-state index contributed by atoms with van der Waals surface area (Å²) in [5.41, 5.74) is -0.498. The number of esters is 2. The van der Waals surface area contributed by atoms with Gasteiger partial charge in [-0.25, -0.2) is 14.6 Å². The van der Waals surface area contributed by atoms with Crippen LogP contribution in [0.15, 0.2) is 64.3 Å². The molecule has 1 aromatic carbocycles. The molecule has 152 valence electrons. The van der Waals surface area contributed by atoms with Crippen LogP contribution in [0.4, 0.5) is 18.9 Å². The van der Waals surface area contributed by atoms with Crippen LogP contribution in [0.2, 0.25) is 0 Å². The first-order valence-electron chi connectivity index (χ1n) is 8.28. The number of hydrogen-bond donors (Lipinski definition) is 1. The van der Waals surface area contributed by atoms with Crippen LogP contribution >= 0.6 is 11.8 Å². The fourth-order valence-electron chi connectivity index (χ4n) is 2.28. The molecule has 1 saturated heterocycles. The molecule has 0 radical (unpaired) electrons. The Kier molecular flexibility index (Phi) is 5.56. The third-order valence-corrected chi connectivity index (χ3v) is 4.60. The second-order valence-electron chi connectivity index (χ2n) is 6.39. The molecule has 1 aliphatic heterocycles. The Morgan fingerprint density at radius 1 is 1.03 bits per heavy atom. The third-order valence-electron chi connectivity index (χ3n) is 3.64. The van der Waals surface area contributed by atoms with E-state index in [-0.39, 0.29) is 5.57 Å². The van der Waals surface area contributed by atoms with Crippen LogP contribution in [0.3, 0.4) is 0 Å². The van der Waals surface area contributed by atoms with Crippen LogP contribution in [-0.2, 0) is 25.2 Å². The van der Waals surface area contributed by atoms with E-state index in [1.54, 1.807) is 24.3 Å². The summed E-state index contributed by atoms with van der Waals surface area (Å²) in [5.74, 6) is -2.89. The highest BCUT2D eigenvalue weighted by Crippen LogP contribution is 2.32. The van der Waals surface area contributed by atoms with Gasteiger partial charge in [0.1, 0.15) is 5.03 Å². The Bertz CT molecular complexity index is 933. The van der Waals surface area contributed by atoms with E-state index in [4.69, 9.17) is 9.47 Å². The van der Waals surface area contributed by atoms with Crippen molar-refractivity contribution in [2.75, 3.05) is 5.32 Å². The van der Waals surface area contributed by atoms with E-state index in [0.717, 1.165) is 17.2 Å². The Balaban J connectivity index is 1.63. The fourth-order valence-corrected chi connectivity index (χ4v) is 3.04. The van der Waals surface area contributed by atoms with Gasteiger partial charge in [-0.3, -0.25) is 0 Å². The van der Waals surface area contributed by atoms with Gasteiger partial charge >= 0.3 is 18.1 Å². The highest BCUT2D eigenvalue weighted by Gasteiger charge is 2.39. The minimum atomic E-state index is -4.43. The zero-order chi connectivity index (χ0) is 21.2. The lowest BCUT2D eigenvalue weighted by Crippen LogP contribution is -2.42. The Morgan fingerprint density at radius 2 is 1.66 bits per heavy atom. The van der Waals surface area contributed by atoms with Crippen molar-refractivity contribution in [1.29, 1.82) is 0 Å². The van der Waals surface area contributed by atoms with Gasteiger partial charge in [0.15, 0.2) is 5.57 Å². The molecule has 10 heteroatoms. The van der Waals surface area contributed by atoms with E-state index in [9.17, 15) is 22.8 Å². The summed E-state index contributed by atoms with van der Waals surface area (Å²) >= 11 is 1.19. The van der Waals surface area contributed by atoms with Crippen LogP contribution < -0.4 is 5.32 Å². The number of hydrogen-bond acceptors (Lipinski definition) is 7. The molecule has 0 unspecified atom stereocenters. The van der Waals surface area contributed by atoms with Gasteiger partial charge in [-0.1, -0.05) is 11.8 Å². The molecule has 0 atom stereocenters. The molecule has 1 fully saturated rings. The SMILES string of the molecule is CC1(C)OC(=O)C(=CNc2ccc(Sc3ccc(C(F)(F)F)cn3)cc2)C(=O)O1. The number of aromatic nitrogens is 1. The number of alkyl halides is 3. The maximum Gasteiger partial charge on any atom is 0.417 e. The van der Waals surface area contributed by atoms with E-state index in [1.807, 2.05) is 0 Å². The fraction of sp³-hybridized carbons (Fsp3) is 0.211. The Hall–Kier alpha value is -3.01. The van der Waals surface area contributed by atoms with E-state index in [1.165, 1.54) is 37.9 Å². The molecule has 2 heterocycles. The third kappa shape index (κ3) is 5.29. The topological polar surface area (TPSA) is 77.5 Å². The van der Waals surface area contributed by atoms with Crippen molar-refractivity contribution in [2.45, 2.75) is 35.7 Å². The van der Waals surface area contributed by atoms with Gasteiger partial charge in [0.2, 0.25) is 0 Å². The normalized spacial score (nSPS) is 16.1. The second-order valence-corrected chi connectivity index (χ2v) is 7.48. The zero-order valence-corrected chi connectivity index (χ0v) is 16.1. The summed E-state index contributed by atoms with van der Waals surface area (Å²) in [6, 6.07) is 9.05. The Morgan fingerprint density at radius 3 is 2.17 bits per heavy atom. The summed E-state index contributed by atoms with van der Waals surface area (Å²) < 4.78 is 47.7. The predicted octanol–water partition coefficient (Wildman–Crippen LogP) is 4.38. The number of halogens is 3. The minimum Gasteiger partial charge on any atom is -0.419 e. The van der Waals surface area contributed by atoms with E-state index in [0.29, 0.717) is 10.7 Å². The van der Waals surface area contributed by atoms with Crippen molar-refractivity contribution >= 4 is 29.4 Å². The monoisotopic (exact) mass is 424 g/mol. The van der Waals surface area contributed by atoms with Gasteiger partial charge < -0.3 is 14.8 Å². The number of carbonyl (C=O) groups excluding carboxylic acids is 2. The number of pyridine rings is 1. The molecule has 6 nitrogen and oxygen atoms in total. The number of ether oxygens (including phenoxy) is 2. The van der Waals surface area contributed by atoms with Crippen LogP contribution in [0.5, 0.6) is 0 Å². The molecule has 2 aromatic rings. The number of cyclic esters (lactones) is 2. The van der Waals surface area contributed by atoms with E-state index < -0.39 is 29.5 Å². The molecular formula is C19H15F3N2O4S. The predicted molar refractivity (Wildman–Crippen MR) is 97.8 cm³/mol. The number of nitrogens with one attached hydrogen (secondary N) is 1. The van der Waals surface area contributed by atoms with Crippen LogP contribution in [-0.4, -0.2) is 22.7 Å². The van der Waals surface area contributed by atoms with Gasteiger partial charge in [-0.05, 0) is 36.4 Å². The lowest BCUT2D eigenvalue weighted by Gasteiger charge is -2.29. The number of anilines is 1. The van der Waals surface area contributed by atoms with Gasteiger partial charge in [0.25, 0.3) is 5.79 Å². The molecule has 1 aliphatic rings. The van der Waals surface area contributed by atoms with Crippen LogP contribution in [0.1, 0.15) is 19.4 Å². The van der Waals surface area contributed by atoms with Crippen LogP contribution in [0.25, 0.3) is 0 Å². The summed E-state index contributed by atoms with van der Waals surface area (Å²) in [4.78, 5) is 28.3. The highest BCUT2D eigenvalue weighted by atomic mass is 32.2. The van der Waals surface area contributed by atoms with Crippen molar-refractivity contribution in [3.05, 3.63) is 59.9 Å². The molecule has 0 bridgehead atoms. The molecule has 0 spiro atoms. The largest absolute Gasteiger partial charge is 0.419 e. The van der Waals surface area contributed by atoms with E-state index >= 15 is 0 Å². The molecule has 29 heavy (non-hydrogen) atoms. The summed E-state index contributed by atoms with van der Waals surface area (Å²) in [7, 11) is 0. The van der Waals surface area contributed by atoms with Gasteiger partial charge in [-0.15, -0.1) is 0 Å². The van der Waals surface area contributed by atoms with Gasteiger partial charge in [0, 0.05) is 36.8 Å². The Labute approximate surface area is 168 Å². The standard InChI is InChI=1S/C19H15F3N2O4S/c1-18(2)27-16(25)14(17(26)28-18)10-23-12-4-6-13(7-5-12)29-15-8-3-11(9-24-15)19(20,21)22/h3-10,23H,1-2H3. The first-order valence-corrected chi connectivity index (χ1v) is 9.10. The summed E-state index contributed by atoms with van der Waals surface area (Å²) in [6.07, 6.45) is -2.45. The number of carbonyl (C=O) groups is 2. The van der Waals surface area contributed by atoms with Crippen molar-refractivity contribution < 1.29 is 32.2 Å². The molecule has 1 aromatic heterocycles. The maximum atomic E-state index is 12.6. The first-order chi connectivity index (χ1) is 13.5. The summed E-state index contributed by atoms with van der Waals surface area (Å²) in [6.45, 7) is 2.91. The first kappa shape index (κ1) is 20.7. The van der Waals surface area contributed by atoms with Crippen molar-refractivity contribution in [3.8, 4) is 0 Å². The zero-order valence-electron chi connectivity index (χ0n) is 15.2.